The zero-order valence-electron chi connectivity index (χ0n) is 18.0. The third-order valence-corrected chi connectivity index (χ3v) is 6.63. The summed E-state index contributed by atoms with van der Waals surface area (Å²) in [5, 5.41) is 7.25. The lowest BCUT2D eigenvalue weighted by Crippen LogP contribution is -2.37. The van der Waals surface area contributed by atoms with Crippen LogP contribution in [0.3, 0.4) is 0 Å². The molecule has 4 heterocycles. The highest BCUT2D eigenvalue weighted by molar-refractivity contribution is 5.93. The summed E-state index contributed by atoms with van der Waals surface area (Å²) in [6, 6.07) is 11.9. The van der Waals surface area contributed by atoms with Crippen LogP contribution in [0.5, 0.6) is 11.5 Å². The third-order valence-electron chi connectivity index (χ3n) is 6.63. The van der Waals surface area contributed by atoms with E-state index >= 15 is 0 Å². The van der Waals surface area contributed by atoms with Gasteiger partial charge in [-0.1, -0.05) is 30.3 Å². The molecule has 1 N–H and O–H groups in total. The first kappa shape index (κ1) is 20.9. The van der Waals surface area contributed by atoms with E-state index in [-0.39, 0.29) is 30.6 Å². The zero-order valence-corrected chi connectivity index (χ0v) is 18.0. The van der Waals surface area contributed by atoms with Gasteiger partial charge in [-0.05, 0) is 35.2 Å². The van der Waals surface area contributed by atoms with Crippen LogP contribution in [0, 0.1) is 0 Å². The minimum absolute atomic E-state index is 0.00229. The number of fused-ring (bicyclic) bond motifs is 3. The molecule has 0 unspecified atom stereocenters. The van der Waals surface area contributed by atoms with E-state index in [1.165, 1.54) is 11.6 Å². The Bertz CT molecular complexity index is 1270. The van der Waals surface area contributed by atoms with Gasteiger partial charge in [0.1, 0.15) is 5.82 Å². The van der Waals surface area contributed by atoms with E-state index in [1.54, 1.807) is 23.1 Å². The molecule has 1 aromatic heterocycles. The Labute approximate surface area is 193 Å². The van der Waals surface area contributed by atoms with E-state index in [1.807, 2.05) is 24.3 Å². The Morgan fingerprint density at radius 3 is 2.68 bits per heavy atom. The van der Waals surface area contributed by atoms with Crippen molar-refractivity contribution < 1.29 is 27.4 Å². The summed E-state index contributed by atoms with van der Waals surface area (Å²) in [5.41, 5.74) is 2.87. The second kappa shape index (κ2) is 7.68. The van der Waals surface area contributed by atoms with Crippen molar-refractivity contribution in [3.63, 3.8) is 0 Å². The van der Waals surface area contributed by atoms with E-state index in [2.05, 4.69) is 10.4 Å². The van der Waals surface area contributed by atoms with Gasteiger partial charge in [-0.2, -0.15) is 18.3 Å². The Morgan fingerprint density at radius 1 is 1.06 bits per heavy atom. The third kappa shape index (κ3) is 3.53. The number of nitrogens with one attached hydrogen (secondary N) is 1. The number of benzene rings is 2. The number of hydrogen-bond acceptors (Lipinski definition) is 5. The van der Waals surface area contributed by atoms with Crippen molar-refractivity contribution in [1.29, 1.82) is 0 Å². The number of ether oxygens (including phenoxy) is 2. The van der Waals surface area contributed by atoms with Crippen LogP contribution in [0.25, 0.3) is 0 Å². The van der Waals surface area contributed by atoms with Crippen molar-refractivity contribution in [2.45, 2.75) is 37.6 Å². The van der Waals surface area contributed by atoms with Crippen LogP contribution in [-0.4, -0.2) is 40.1 Å². The van der Waals surface area contributed by atoms with Crippen molar-refractivity contribution in [3.05, 3.63) is 70.9 Å². The molecule has 0 fully saturated rings. The van der Waals surface area contributed by atoms with Gasteiger partial charge in [0, 0.05) is 25.6 Å². The molecule has 2 atom stereocenters. The molecule has 3 aliphatic rings. The molecule has 7 nitrogen and oxygen atoms in total. The van der Waals surface area contributed by atoms with Gasteiger partial charge in [0.05, 0.1) is 6.04 Å². The molecule has 3 aromatic rings. The Balaban J connectivity index is 1.30. The van der Waals surface area contributed by atoms with Crippen LogP contribution in [0.1, 0.15) is 45.7 Å². The van der Waals surface area contributed by atoms with Crippen molar-refractivity contribution in [1.82, 2.24) is 14.7 Å². The molecule has 6 rings (SSSR count). The first-order chi connectivity index (χ1) is 16.4. The van der Waals surface area contributed by atoms with Crippen LogP contribution in [-0.2, 0) is 13.0 Å². The number of anilines is 1. The zero-order chi connectivity index (χ0) is 23.4. The van der Waals surface area contributed by atoms with Gasteiger partial charge >= 0.3 is 6.18 Å². The van der Waals surface area contributed by atoms with Gasteiger partial charge in [0.25, 0.3) is 5.91 Å². The molecule has 1 amide bonds. The second-order valence-electron chi connectivity index (χ2n) is 8.71. The monoisotopic (exact) mass is 470 g/mol. The largest absolute Gasteiger partial charge is 0.454 e. The topological polar surface area (TPSA) is 68.6 Å². The average Bonchev–Trinajstić information content (AvgIpc) is 3.48. The summed E-state index contributed by atoms with van der Waals surface area (Å²) >= 11 is 0. The minimum atomic E-state index is -4.53. The summed E-state index contributed by atoms with van der Waals surface area (Å²) < 4.78 is 53.7. The lowest BCUT2D eigenvalue weighted by Gasteiger charge is -2.33. The molecule has 10 heteroatoms. The van der Waals surface area contributed by atoms with Crippen molar-refractivity contribution >= 4 is 11.7 Å². The summed E-state index contributed by atoms with van der Waals surface area (Å²) in [6.45, 7) is 0.989. The first-order valence-electron chi connectivity index (χ1n) is 11.1. The maximum absolute atomic E-state index is 14.0. The SMILES string of the molecule is O=C(c1cc2n(n1)[C@H](C(F)(F)F)C[C@@H](c1ccc3c(c1)OCO3)N2)N1CCc2ccccc2C1. The smallest absolute Gasteiger partial charge is 0.410 e. The molecular weight excluding hydrogens is 449 g/mol. The second-order valence-corrected chi connectivity index (χ2v) is 8.71. The molecule has 0 aliphatic carbocycles. The quantitative estimate of drug-likeness (QED) is 0.599. The van der Waals surface area contributed by atoms with Crippen molar-refractivity contribution in [3.8, 4) is 11.5 Å². The summed E-state index contributed by atoms with van der Waals surface area (Å²) in [5.74, 6) is 0.854. The van der Waals surface area contributed by atoms with Crippen molar-refractivity contribution in [2.24, 2.45) is 0 Å². The molecule has 0 bridgehead atoms. The van der Waals surface area contributed by atoms with Crippen LogP contribution < -0.4 is 14.8 Å². The normalized spacial score (nSPS) is 21.0. The van der Waals surface area contributed by atoms with Gasteiger partial charge < -0.3 is 19.7 Å². The van der Waals surface area contributed by atoms with Gasteiger partial charge in [-0.15, -0.1) is 0 Å². The molecule has 0 radical (unpaired) electrons. The molecule has 34 heavy (non-hydrogen) atoms. The fourth-order valence-corrected chi connectivity index (χ4v) is 4.86. The van der Waals surface area contributed by atoms with Crippen LogP contribution >= 0.6 is 0 Å². The highest BCUT2D eigenvalue weighted by Gasteiger charge is 2.47. The molecule has 2 aromatic carbocycles. The number of aromatic nitrogens is 2. The first-order valence-corrected chi connectivity index (χ1v) is 11.1. The molecular formula is C24H21F3N4O3. The summed E-state index contributed by atoms with van der Waals surface area (Å²) in [6.07, 6.45) is -4.09. The highest BCUT2D eigenvalue weighted by Crippen LogP contribution is 2.45. The van der Waals surface area contributed by atoms with Gasteiger partial charge in [-0.3, -0.25) is 4.79 Å². The van der Waals surface area contributed by atoms with Crippen LogP contribution in [0.4, 0.5) is 19.0 Å². The number of rotatable bonds is 2. The number of carbonyl (C=O) groups is 1. The Kier molecular flexibility index (Phi) is 4.72. The highest BCUT2D eigenvalue weighted by atomic mass is 19.4. The molecule has 0 spiro atoms. The Hall–Kier alpha value is -3.69. The average molecular weight is 470 g/mol. The minimum Gasteiger partial charge on any atom is -0.454 e. The lowest BCUT2D eigenvalue weighted by atomic mass is 9.96. The number of amides is 1. The van der Waals surface area contributed by atoms with Gasteiger partial charge in [0.2, 0.25) is 6.79 Å². The van der Waals surface area contributed by atoms with Crippen molar-refractivity contribution in [2.75, 3.05) is 18.7 Å². The fraction of sp³-hybridized carbons (Fsp3) is 0.333. The van der Waals surface area contributed by atoms with Gasteiger partial charge in [-0.25, -0.2) is 4.68 Å². The van der Waals surface area contributed by atoms with E-state index in [0.29, 0.717) is 36.6 Å². The molecule has 176 valence electrons. The van der Waals surface area contributed by atoms with E-state index in [9.17, 15) is 18.0 Å². The van der Waals surface area contributed by atoms with E-state index in [4.69, 9.17) is 9.47 Å². The van der Waals surface area contributed by atoms with Crippen LogP contribution in [0.2, 0.25) is 0 Å². The van der Waals surface area contributed by atoms with Crippen LogP contribution in [0.15, 0.2) is 48.5 Å². The standard InChI is InChI=1S/C24H21F3N4O3/c25-24(26,27)21-10-17(15-5-6-19-20(9-15)34-13-33-19)28-22-11-18(29-31(21)22)23(32)30-8-7-14-3-1-2-4-16(14)12-30/h1-6,9,11,17,21,28H,7-8,10,12-13H2/t17-,21-/m0/s1. The van der Waals surface area contributed by atoms with Gasteiger partial charge in [0.15, 0.2) is 23.2 Å². The number of carbonyl (C=O) groups excluding carboxylic acids is 1. The Morgan fingerprint density at radius 2 is 1.85 bits per heavy atom. The number of alkyl halides is 3. The van der Waals surface area contributed by atoms with E-state index < -0.39 is 18.3 Å². The lowest BCUT2D eigenvalue weighted by molar-refractivity contribution is -0.173. The summed E-state index contributed by atoms with van der Waals surface area (Å²) in [7, 11) is 0. The maximum atomic E-state index is 14.0. The number of nitrogens with zero attached hydrogens (tertiary/aromatic N) is 3. The molecule has 3 aliphatic heterocycles. The fourth-order valence-electron chi connectivity index (χ4n) is 4.86. The predicted molar refractivity (Wildman–Crippen MR) is 116 cm³/mol. The maximum Gasteiger partial charge on any atom is 0.410 e. The molecule has 0 saturated heterocycles. The number of halogens is 3. The number of hydrogen-bond donors (Lipinski definition) is 1. The molecule has 0 saturated carbocycles. The predicted octanol–water partition coefficient (Wildman–Crippen LogP) is 4.47. The van der Waals surface area contributed by atoms with E-state index in [0.717, 1.165) is 10.2 Å². The summed E-state index contributed by atoms with van der Waals surface area (Å²) in [4.78, 5) is 14.8.